The highest BCUT2D eigenvalue weighted by Gasteiger charge is 2.20. The monoisotopic (exact) mass is 372 g/mol. The molecule has 1 aromatic carbocycles. The summed E-state index contributed by atoms with van der Waals surface area (Å²) >= 11 is 1.27. The van der Waals surface area contributed by atoms with Crippen molar-refractivity contribution in [1.82, 2.24) is 4.90 Å². The number of thiophene rings is 1. The van der Waals surface area contributed by atoms with Gasteiger partial charge in [0.2, 0.25) is 0 Å². The highest BCUT2D eigenvalue weighted by molar-refractivity contribution is 7.14. The second kappa shape index (κ2) is 7.70. The van der Waals surface area contributed by atoms with Crippen LogP contribution in [-0.2, 0) is 17.6 Å². The standard InChI is InChI=1S/C19H20N2O4S/c1-21(9-7-16(22)23)19(25)15-8-10-26-18(15)20-17(24)14-6-5-12-3-2-4-13(12)11-14/h5-6,8,10-11H,2-4,7,9H2,1H3,(H,20,24)(H,22,23). The van der Waals surface area contributed by atoms with Crippen LogP contribution < -0.4 is 5.32 Å². The molecule has 26 heavy (non-hydrogen) atoms. The van der Waals surface area contributed by atoms with Gasteiger partial charge in [0.05, 0.1) is 12.0 Å². The molecule has 0 aliphatic heterocycles. The van der Waals surface area contributed by atoms with Gasteiger partial charge in [0.1, 0.15) is 5.00 Å². The van der Waals surface area contributed by atoms with E-state index >= 15 is 0 Å². The number of carboxylic acids is 1. The molecule has 0 radical (unpaired) electrons. The number of nitrogens with zero attached hydrogens (tertiary/aromatic N) is 1. The molecule has 0 fully saturated rings. The predicted molar refractivity (Wildman–Crippen MR) is 100.0 cm³/mol. The molecule has 1 aliphatic carbocycles. The number of aryl methyl sites for hydroxylation is 2. The molecular formula is C19H20N2O4S. The Morgan fingerprint density at radius 2 is 1.96 bits per heavy atom. The normalized spacial score (nSPS) is 12.5. The number of hydrogen-bond donors (Lipinski definition) is 2. The Hall–Kier alpha value is -2.67. The summed E-state index contributed by atoms with van der Waals surface area (Å²) in [5.41, 5.74) is 3.47. The number of nitrogens with one attached hydrogen (secondary N) is 1. The first-order valence-electron chi connectivity index (χ1n) is 8.43. The molecule has 0 saturated heterocycles. The van der Waals surface area contributed by atoms with Gasteiger partial charge in [0.25, 0.3) is 11.8 Å². The van der Waals surface area contributed by atoms with Gasteiger partial charge in [0, 0.05) is 19.2 Å². The van der Waals surface area contributed by atoms with E-state index in [0.29, 0.717) is 16.1 Å². The van der Waals surface area contributed by atoms with Crippen LogP contribution in [0.5, 0.6) is 0 Å². The second-order valence-corrected chi connectivity index (χ2v) is 7.24. The average molecular weight is 372 g/mol. The van der Waals surface area contributed by atoms with Crippen molar-refractivity contribution >= 4 is 34.1 Å². The van der Waals surface area contributed by atoms with Crippen molar-refractivity contribution < 1.29 is 19.5 Å². The first-order valence-corrected chi connectivity index (χ1v) is 9.31. The van der Waals surface area contributed by atoms with Crippen molar-refractivity contribution in [2.75, 3.05) is 18.9 Å². The van der Waals surface area contributed by atoms with Crippen LogP contribution in [0.3, 0.4) is 0 Å². The van der Waals surface area contributed by atoms with E-state index in [4.69, 9.17) is 5.11 Å². The zero-order valence-electron chi connectivity index (χ0n) is 14.4. The maximum Gasteiger partial charge on any atom is 0.305 e. The quantitative estimate of drug-likeness (QED) is 0.816. The van der Waals surface area contributed by atoms with E-state index in [0.717, 1.165) is 19.3 Å². The van der Waals surface area contributed by atoms with Crippen molar-refractivity contribution in [1.29, 1.82) is 0 Å². The topological polar surface area (TPSA) is 86.7 Å². The lowest BCUT2D eigenvalue weighted by Gasteiger charge is -2.16. The number of anilines is 1. The summed E-state index contributed by atoms with van der Waals surface area (Å²) in [6.07, 6.45) is 3.05. The SMILES string of the molecule is CN(CCC(=O)O)C(=O)c1ccsc1NC(=O)c1ccc2c(c1)CCC2. The lowest BCUT2D eigenvalue weighted by Crippen LogP contribution is -2.29. The number of hydrogen-bond acceptors (Lipinski definition) is 4. The van der Waals surface area contributed by atoms with Crippen molar-refractivity contribution in [3.63, 3.8) is 0 Å². The van der Waals surface area contributed by atoms with Gasteiger partial charge in [-0.15, -0.1) is 11.3 Å². The van der Waals surface area contributed by atoms with Crippen LogP contribution in [0.15, 0.2) is 29.6 Å². The van der Waals surface area contributed by atoms with Crippen LogP contribution in [0, 0.1) is 0 Å². The van der Waals surface area contributed by atoms with E-state index in [-0.39, 0.29) is 24.8 Å². The summed E-state index contributed by atoms with van der Waals surface area (Å²) in [5.74, 6) is -1.51. The molecule has 1 aromatic heterocycles. The number of rotatable bonds is 6. The van der Waals surface area contributed by atoms with Gasteiger partial charge in [-0.1, -0.05) is 6.07 Å². The molecule has 2 aromatic rings. The molecule has 136 valence electrons. The third kappa shape index (κ3) is 3.94. The van der Waals surface area contributed by atoms with Crippen molar-refractivity contribution in [3.05, 3.63) is 51.9 Å². The zero-order chi connectivity index (χ0) is 18.7. The van der Waals surface area contributed by atoms with Gasteiger partial charge in [0.15, 0.2) is 0 Å². The maximum atomic E-state index is 12.6. The molecule has 2 N–H and O–H groups in total. The van der Waals surface area contributed by atoms with E-state index < -0.39 is 5.97 Å². The maximum absolute atomic E-state index is 12.6. The van der Waals surface area contributed by atoms with E-state index in [1.54, 1.807) is 18.5 Å². The Bertz CT molecular complexity index is 859. The van der Waals surface area contributed by atoms with Crippen LogP contribution in [0.4, 0.5) is 5.00 Å². The molecule has 7 heteroatoms. The van der Waals surface area contributed by atoms with Gasteiger partial charge < -0.3 is 15.3 Å². The van der Waals surface area contributed by atoms with Gasteiger partial charge in [-0.3, -0.25) is 14.4 Å². The van der Waals surface area contributed by atoms with Crippen molar-refractivity contribution in [2.24, 2.45) is 0 Å². The van der Waals surface area contributed by atoms with Crippen LogP contribution in [0.1, 0.15) is 44.7 Å². The van der Waals surface area contributed by atoms with Gasteiger partial charge in [-0.25, -0.2) is 0 Å². The van der Waals surface area contributed by atoms with Crippen LogP contribution >= 0.6 is 11.3 Å². The summed E-state index contributed by atoms with van der Waals surface area (Å²) < 4.78 is 0. The average Bonchev–Trinajstić information content (AvgIpc) is 3.27. The predicted octanol–water partition coefficient (Wildman–Crippen LogP) is 3.04. The molecule has 1 aliphatic rings. The summed E-state index contributed by atoms with van der Waals surface area (Å²) in [7, 11) is 1.55. The number of carbonyl (C=O) groups is 3. The largest absolute Gasteiger partial charge is 0.481 e. The molecule has 0 atom stereocenters. The van der Waals surface area contributed by atoms with Gasteiger partial charge in [-0.2, -0.15) is 0 Å². The summed E-state index contributed by atoms with van der Waals surface area (Å²) in [6.45, 7) is 0.113. The lowest BCUT2D eigenvalue weighted by molar-refractivity contribution is -0.137. The summed E-state index contributed by atoms with van der Waals surface area (Å²) in [6, 6.07) is 7.37. The molecule has 1 heterocycles. The van der Waals surface area contributed by atoms with E-state index in [2.05, 4.69) is 5.32 Å². The lowest BCUT2D eigenvalue weighted by atomic mass is 10.1. The second-order valence-electron chi connectivity index (χ2n) is 6.33. The van der Waals surface area contributed by atoms with E-state index in [1.807, 2.05) is 18.2 Å². The third-order valence-corrected chi connectivity index (χ3v) is 5.32. The number of carboxylic acid groups (broad SMARTS) is 1. The fourth-order valence-electron chi connectivity index (χ4n) is 3.03. The zero-order valence-corrected chi connectivity index (χ0v) is 15.3. The molecule has 0 saturated carbocycles. The number of amides is 2. The van der Waals surface area contributed by atoms with Gasteiger partial charge in [-0.05, 0) is 54.0 Å². The minimum absolute atomic E-state index is 0.113. The Morgan fingerprint density at radius 3 is 2.73 bits per heavy atom. The Morgan fingerprint density at radius 1 is 1.19 bits per heavy atom. The van der Waals surface area contributed by atoms with Crippen LogP contribution in [-0.4, -0.2) is 41.4 Å². The van der Waals surface area contributed by atoms with Gasteiger partial charge >= 0.3 is 5.97 Å². The highest BCUT2D eigenvalue weighted by atomic mass is 32.1. The first kappa shape index (κ1) is 18.1. The Labute approximate surface area is 155 Å². The van der Waals surface area contributed by atoms with E-state index in [1.165, 1.54) is 27.4 Å². The highest BCUT2D eigenvalue weighted by Crippen LogP contribution is 2.27. The Balaban J connectivity index is 1.71. The summed E-state index contributed by atoms with van der Waals surface area (Å²) in [4.78, 5) is 37.1. The van der Waals surface area contributed by atoms with Crippen molar-refractivity contribution in [3.8, 4) is 0 Å². The van der Waals surface area contributed by atoms with E-state index in [9.17, 15) is 14.4 Å². The number of carbonyl (C=O) groups excluding carboxylic acids is 2. The third-order valence-electron chi connectivity index (χ3n) is 4.49. The van der Waals surface area contributed by atoms with Crippen LogP contribution in [0.25, 0.3) is 0 Å². The summed E-state index contributed by atoms with van der Waals surface area (Å²) in [5, 5.41) is 13.8. The fourth-order valence-corrected chi connectivity index (χ4v) is 3.81. The molecule has 0 spiro atoms. The molecule has 6 nitrogen and oxygen atoms in total. The minimum Gasteiger partial charge on any atom is -0.481 e. The number of aliphatic carboxylic acids is 1. The molecule has 0 unspecified atom stereocenters. The number of benzene rings is 1. The molecular weight excluding hydrogens is 352 g/mol. The smallest absolute Gasteiger partial charge is 0.305 e. The molecule has 0 bridgehead atoms. The number of fused-ring (bicyclic) bond motifs is 1. The minimum atomic E-state index is -0.958. The fraction of sp³-hybridized carbons (Fsp3) is 0.316. The first-order chi connectivity index (χ1) is 12.5. The molecule has 2 amide bonds. The molecule has 3 rings (SSSR count). The van der Waals surface area contributed by atoms with Crippen LogP contribution in [0.2, 0.25) is 0 Å². The van der Waals surface area contributed by atoms with Crippen molar-refractivity contribution in [2.45, 2.75) is 25.7 Å². The Kier molecular flexibility index (Phi) is 5.37.